The molecule has 34 heavy (non-hydrogen) atoms. The molecule has 12 heteroatoms. The highest BCUT2D eigenvalue weighted by molar-refractivity contribution is 5.99. The Morgan fingerprint density at radius 2 is 1.97 bits per heavy atom. The normalized spacial score (nSPS) is 14.3. The molecule has 3 aromatic rings. The third-order valence-corrected chi connectivity index (χ3v) is 5.59. The third kappa shape index (κ3) is 4.50. The molecule has 1 amide bonds. The van der Waals surface area contributed by atoms with Gasteiger partial charge in [0, 0.05) is 24.1 Å². The fourth-order valence-corrected chi connectivity index (χ4v) is 3.84. The number of rotatable bonds is 6. The Balaban J connectivity index is 1.71. The van der Waals surface area contributed by atoms with Gasteiger partial charge in [0.1, 0.15) is 11.6 Å². The van der Waals surface area contributed by atoms with Gasteiger partial charge in [-0.2, -0.15) is 18.3 Å². The van der Waals surface area contributed by atoms with Gasteiger partial charge in [-0.15, -0.1) is 5.10 Å². The molecule has 180 valence electrons. The molecule has 2 aromatic heterocycles. The van der Waals surface area contributed by atoms with Crippen molar-refractivity contribution < 1.29 is 31.8 Å². The fourth-order valence-electron chi connectivity index (χ4n) is 3.84. The Hall–Kier alpha value is -3.38. The summed E-state index contributed by atoms with van der Waals surface area (Å²) >= 11 is 0. The van der Waals surface area contributed by atoms with Crippen LogP contribution >= 0.6 is 0 Å². The largest absolute Gasteiger partial charge is 0.435 e. The molecule has 0 bridgehead atoms. The molecule has 4 rings (SSSR count). The summed E-state index contributed by atoms with van der Waals surface area (Å²) in [6.07, 6.45) is -4.64. The van der Waals surface area contributed by atoms with Crippen molar-refractivity contribution in [1.29, 1.82) is 0 Å². The van der Waals surface area contributed by atoms with Crippen LogP contribution in [0.1, 0.15) is 39.8 Å². The summed E-state index contributed by atoms with van der Waals surface area (Å²) < 4.78 is 64.0. The van der Waals surface area contributed by atoms with E-state index in [1.54, 1.807) is 6.92 Å². The van der Waals surface area contributed by atoms with Gasteiger partial charge >= 0.3 is 6.18 Å². The summed E-state index contributed by atoms with van der Waals surface area (Å²) in [5.74, 6) is -1.25. The Labute approximate surface area is 191 Å². The highest BCUT2D eigenvalue weighted by Crippen LogP contribution is 2.33. The second kappa shape index (κ2) is 9.11. The van der Waals surface area contributed by atoms with Crippen LogP contribution < -0.4 is 5.73 Å². The number of nitrogens with two attached hydrogens (primary N) is 1. The van der Waals surface area contributed by atoms with E-state index in [2.05, 4.69) is 15.2 Å². The number of anilines is 1. The van der Waals surface area contributed by atoms with Gasteiger partial charge in [0.25, 0.3) is 5.91 Å². The van der Waals surface area contributed by atoms with E-state index in [1.807, 2.05) is 0 Å². The Bertz CT molecular complexity index is 1230. The number of aromatic nitrogens is 3. The van der Waals surface area contributed by atoms with Gasteiger partial charge in [0.2, 0.25) is 0 Å². The zero-order valence-electron chi connectivity index (χ0n) is 18.3. The molecule has 1 aromatic carbocycles. The van der Waals surface area contributed by atoms with Crippen molar-refractivity contribution in [2.24, 2.45) is 0 Å². The number of hydrogen-bond donors (Lipinski definition) is 1. The number of carbonyl (C=O) groups excluding carboxylic acids is 1. The number of amides is 1. The molecular weight excluding hydrogens is 458 g/mol. The lowest BCUT2D eigenvalue weighted by atomic mass is 10.0. The van der Waals surface area contributed by atoms with Crippen LogP contribution in [0.2, 0.25) is 0 Å². The van der Waals surface area contributed by atoms with Crippen LogP contribution in [0.15, 0.2) is 24.3 Å². The van der Waals surface area contributed by atoms with Crippen LogP contribution in [0.3, 0.4) is 0 Å². The van der Waals surface area contributed by atoms with Crippen LogP contribution in [0.25, 0.3) is 10.9 Å². The molecule has 0 fully saturated rings. The van der Waals surface area contributed by atoms with Gasteiger partial charge in [-0.25, -0.2) is 9.37 Å². The molecular formula is C22H21F4N5O3. The van der Waals surface area contributed by atoms with Crippen LogP contribution in [0.4, 0.5) is 23.4 Å². The quantitative estimate of drug-likeness (QED) is 0.540. The average Bonchev–Trinajstić information content (AvgIpc) is 3.27. The first-order valence-corrected chi connectivity index (χ1v) is 10.3. The highest BCUT2D eigenvalue weighted by Gasteiger charge is 2.33. The number of fused-ring (bicyclic) bond motifs is 3. The van der Waals surface area contributed by atoms with E-state index >= 15 is 4.39 Å². The number of halogens is 4. The van der Waals surface area contributed by atoms with Crippen molar-refractivity contribution in [3.63, 3.8) is 0 Å². The number of benzene rings is 1. The molecule has 3 heterocycles. The Morgan fingerprint density at radius 1 is 1.24 bits per heavy atom. The molecule has 0 unspecified atom stereocenters. The molecule has 2 N–H and O–H groups in total. The standard InChI is InChI=1S/C22H21F4N5O3/c1-11(8-33-2)31(7-12-3-4-19(30-29-12)22(24,25)26)21(32)14-5-13-15-9-34-10-16(15)20(27)28-18(13)6-17(14)23/h3-6,11H,7-10H2,1-2H3,(H2,27,28)/t11-/m0/s1. The van der Waals surface area contributed by atoms with Gasteiger partial charge in [-0.05, 0) is 30.7 Å². The summed E-state index contributed by atoms with van der Waals surface area (Å²) in [5.41, 5.74) is 6.40. The summed E-state index contributed by atoms with van der Waals surface area (Å²) in [5, 5.41) is 7.33. The van der Waals surface area contributed by atoms with Crippen molar-refractivity contribution in [2.45, 2.75) is 38.9 Å². The van der Waals surface area contributed by atoms with Gasteiger partial charge in [-0.1, -0.05) is 0 Å². The maximum absolute atomic E-state index is 15.0. The monoisotopic (exact) mass is 479 g/mol. The molecule has 0 radical (unpaired) electrons. The van der Waals surface area contributed by atoms with E-state index in [9.17, 15) is 18.0 Å². The summed E-state index contributed by atoms with van der Waals surface area (Å²) in [6.45, 7) is 2.10. The first kappa shape index (κ1) is 23.8. The van der Waals surface area contributed by atoms with Gasteiger partial charge < -0.3 is 20.1 Å². The number of nitrogens with zero attached hydrogens (tertiary/aromatic N) is 4. The number of methoxy groups -OCH3 is 1. The Morgan fingerprint density at radius 3 is 2.62 bits per heavy atom. The highest BCUT2D eigenvalue weighted by atomic mass is 19.4. The minimum Gasteiger partial charge on any atom is -0.383 e. The van der Waals surface area contributed by atoms with Crippen molar-refractivity contribution in [3.05, 3.63) is 58.2 Å². The van der Waals surface area contributed by atoms with E-state index in [1.165, 1.54) is 18.1 Å². The topological polar surface area (TPSA) is 103 Å². The van der Waals surface area contributed by atoms with E-state index in [-0.39, 0.29) is 43.4 Å². The number of nitrogen functional groups attached to an aromatic ring is 1. The molecule has 1 atom stereocenters. The van der Waals surface area contributed by atoms with Crippen LogP contribution in [0.5, 0.6) is 0 Å². The fraction of sp³-hybridized carbons (Fsp3) is 0.364. The van der Waals surface area contributed by atoms with Crippen LogP contribution in [-0.2, 0) is 35.4 Å². The minimum atomic E-state index is -4.64. The SMILES string of the molecule is COC[C@H](C)N(Cc1ccc(C(F)(F)F)nn1)C(=O)c1cc2c3c(c(N)nc2cc1F)COC3. The van der Waals surface area contributed by atoms with Crippen LogP contribution in [0, 0.1) is 5.82 Å². The van der Waals surface area contributed by atoms with Crippen molar-refractivity contribution in [2.75, 3.05) is 19.5 Å². The van der Waals surface area contributed by atoms with E-state index in [0.29, 0.717) is 16.5 Å². The lowest BCUT2D eigenvalue weighted by Crippen LogP contribution is -2.41. The number of ether oxygens (including phenoxy) is 2. The maximum Gasteiger partial charge on any atom is 0.435 e. The lowest BCUT2D eigenvalue weighted by Gasteiger charge is -2.29. The van der Waals surface area contributed by atoms with Crippen molar-refractivity contribution in [1.82, 2.24) is 20.1 Å². The second-order valence-electron chi connectivity index (χ2n) is 7.94. The number of pyridine rings is 1. The minimum absolute atomic E-state index is 0.106. The van der Waals surface area contributed by atoms with E-state index in [4.69, 9.17) is 15.2 Å². The molecule has 0 saturated heterocycles. The summed E-state index contributed by atoms with van der Waals surface area (Å²) in [6, 6.07) is 3.90. The molecule has 0 spiro atoms. The average molecular weight is 479 g/mol. The zero-order valence-corrected chi connectivity index (χ0v) is 18.3. The van der Waals surface area contributed by atoms with Crippen LogP contribution in [-0.4, -0.2) is 45.7 Å². The van der Waals surface area contributed by atoms with Gasteiger partial charge in [0.15, 0.2) is 5.69 Å². The van der Waals surface area contributed by atoms with E-state index < -0.39 is 29.6 Å². The molecule has 1 aliphatic rings. The summed E-state index contributed by atoms with van der Waals surface area (Å²) in [4.78, 5) is 18.9. The molecule has 1 aliphatic heterocycles. The molecule has 0 saturated carbocycles. The number of hydrogen-bond acceptors (Lipinski definition) is 7. The van der Waals surface area contributed by atoms with Crippen molar-refractivity contribution in [3.8, 4) is 0 Å². The lowest BCUT2D eigenvalue weighted by molar-refractivity contribution is -0.141. The molecule has 0 aliphatic carbocycles. The smallest absolute Gasteiger partial charge is 0.383 e. The first-order chi connectivity index (χ1) is 16.1. The predicted molar refractivity (Wildman–Crippen MR) is 113 cm³/mol. The van der Waals surface area contributed by atoms with E-state index in [0.717, 1.165) is 23.8 Å². The molecule has 8 nitrogen and oxygen atoms in total. The maximum atomic E-state index is 15.0. The predicted octanol–water partition coefficient (Wildman–Crippen LogP) is 3.47. The number of carbonyl (C=O) groups is 1. The van der Waals surface area contributed by atoms with Gasteiger partial charge in [0.05, 0.1) is 49.2 Å². The number of alkyl halides is 3. The Kier molecular flexibility index (Phi) is 6.36. The van der Waals surface area contributed by atoms with Gasteiger partial charge in [-0.3, -0.25) is 4.79 Å². The first-order valence-electron chi connectivity index (χ1n) is 10.3. The van der Waals surface area contributed by atoms with Crippen molar-refractivity contribution >= 4 is 22.6 Å². The second-order valence-corrected chi connectivity index (χ2v) is 7.94. The summed E-state index contributed by atoms with van der Waals surface area (Å²) in [7, 11) is 1.44. The zero-order chi connectivity index (χ0) is 24.6. The third-order valence-electron chi connectivity index (χ3n) is 5.59.